The molecule has 7 nitrogen and oxygen atoms in total. The molecular weight excluding hydrogens is 392 g/mol. The number of amides is 3. The third kappa shape index (κ3) is 6.15. The fourth-order valence-electron chi connectivity index (χ4n) is 2.85. The number of hydrazone groups is 1. The quantitative estimate of drug-likeness (QED) is 0.714. The van der Waals surface area contributed by atoms with Gasteiger partial charge in [0.25, 0.3) is 0 Å². The molecule has 3 rings (SSSR count). The molecule has 0 aliphatic carbocycles. The third-order valence-corrected chi connectivity index (χ3v) is 4.63. The summed E-state index contributed by atoms with van der Waals surface area (Å²) in [7, 11) is 0. The van der Waals surface area contributed by atoms with E-state index in [-0.39, 0.29) is 31.1 Å². The Morgan fingerprint density at radius 1 is 0.931 bits per heavy atom. The minimum atomic E-state index is -0.436. The Labute approximate surface area is 173 Å². The van der Waals surface area contributed by atoms with E-state index in [1.54, 1.807) is 24.3 Å². The SMILES string of the molecule is O=C(CCC(=O)N1CCC(c2ccccc2)=N1)NNC(=O)Cc1ccc(Cl)cc1. The Balaban J connectivity index is 1.39. The van der Waals surface area contributed by atoms with Crippen molar-refractivity contribution in [1.29, 1.82) is 0 Å². The normalized spacial score (nSPS) is 13.0. The standard InChI is InChI=1S/C21H21ClN4O3/c22-17-8-6-15(7-9-17)14-20(28)24-23-19(27)10-11-21(29)26-13-12-18(25-26)16-4-2-1-3-5-16/h1-9H,10-14H2,(H,23,27)(H,24,28). The zero-order chi connectivity index (χ0) is 20.6. The van der Waals surface area contributed by atoms with Gasteiger partial charge in [-0.1, -0.05) is 54.1 Å². The van der Waals surface area contributed by atoms with Crippen LogP contribution in [0.1, 0.15) is 30.4 Å². The molecule has 2 aromatic carbocycles. The molecule has 0 fully saturated rings. The van der Waals surface area contributed by atoms with Crippen molar-refractivity contribution in [3.8, 4) is 0 Å². The van der Waals surface area contributed by atoms with E-state index in [0.717, 1.165) is 16.8 Å². The predicted octanol–water partition coefficient (Wildman–Crippen LogP) is 2.45. The molecule has 2 aromatic rings. The van der Waals surface area contributed by atoms with Gasteiger partial charge in [0.1, 0.15) is 0 Å². The van der Waals surface area contributed by atoms with Crippen molar-refractivity contribution >= 4 is 35.0 Å². The van der Waals surface area contributed by atoms with Crippen molar-refractivity contribution in [2.45, 2.75) is 25.7 Å². The molecule has 0 unspecified atom stereocenters. The molecule has 1 aliphatic rings. The van der Waals surface area contributed by atoms with Crippen LogP contribution in [0.25, 0.3) is 0 Å². The van der Waals surface area contributed by atoms with Gasteiger partial charge in [-0.05, 0) is 23.3 Å². The van der Waals surface area contributed by atoms with Crippen molar-refractivity contribution in [3.63, 3.8) is 0 Å². The van der Waals surface area contributed by atoms with E-state index in [4.69, 9.17) is 11.6 Å². The molecule has 29 heavy (non-hydrogen) atoms. The first-order valence-corrected chi connectivity index (χ1v) is 9.64. The van der Waals surface area contributed by atoms with Gasteiger partial charge in [-0.2, -0.15) is 5.10 Å². The summed E-state index contributed by atoms with van der Waals surface area (Å²) in [4.78, 5) is 36.0. The van der Waals surface area contributed by atoms with Gasteiger partial charge in [0.2, 0.25) is 17.7 Å². The van der Waals surface area contributed by atoms with Crippen molar-refractivity contribution in [2.24, 2.45) is 5.10 Å². The van der Waals surface area contributed by atoms with Crippen molar-refractivity contribution in [1.82, 2.24) is 15.9 Å². The van der Waals surface area contributed by atoms with Crippen LogP contribution in [0, 0.1) is 0 Å². The predicted molar refractivity (Wildman–Crippen MR) is 110 cm³/mol. The summed E-state index contributed by atoms with van der Waals surface area (Å²) in [5.41, 5.74) is 7.29. The smallest absolute Gasteiger partial charge is 0.243 e. The van der Waals surface area contributed by atoms with Crippen molar-refractivity contribution in [2.75, 3.05) is 6.54 Å². The number of hydrogen-bond acceptors (Lipinski definition) is 4. The zero-order valence-electron chi connectivity index (χ0n) is 15.7. The first-order valence-electron chi connectivity index (χ1n) is 9.26. The molecule has 1 heterocycles. The van der Waals surface area contributed by atoms with Crippen LogP contribution >= 0.6 is 11.6 Å². The maximum atomic E-state index is 12.3. The molecule has 0 atom stereocenters. The van der Waals surface area contributed by atoms with Gasteiger partial charge in [-0.25, -0.2) is 5.01 Å². The highest BCUT2D eigenvalue weighted by molar-refractivity contribution is 6.30. The van der Waals surface area contributed by atoms with Gasteiger partial charge in [0.15, 0.2) is 0 Å². The van der Waals surface area contributed by atoms with Gasteiger partial charge in [0.05, 0.1) is 18.7 Å². The van der Waals surface area contributed by atoms with E-state index >= 15 is 0 Å². The average molecular weight is 413 g/mol. The number of rotatable bonds is 6. The van der Waals surface area contributed by atoms with Crippen molar-refractivity contribution in [3.05, 3.63) is 70.7 Å². The highest BCUT2D eigenvalue weighted by Gasteiger charge is 2.21. The van der Waals surface area contributed by atoms with Gasteiger partial charge in [-0.15, -0.1) is 0 Å². The van der Waals surface area contributed by atoms with E-state index in [2.05, 4.69) is 16.0 Å². The number of hydrazine groups is 1. The molecule has 0 bridgehead atoms. The summed E-state index contributed by atoms with van der Waals surface area (Å²) in [5, 5.41) is 6.34. The topological polar surface area (TPSA) is 90.9 Å². The second-order valence-electron chi connectivity index (χ2n) is 6.58. The molecule has 0 radical (unpaired) electrons. The molecule has 150 valence electrons. The van der Waals surface area contributed by atoms with E-state index in [1.165, 1.54) is 5.01 Å². The molecule has 0 aromatic heterocycles. The fraction of sp³-hybridized carbons (Fsp3) is 0.238. The van der Waals surface area contributed by atoms with E-state index in [9.17, 15) is 14.4 Å². The summed E-state index contributed by atoms with van der Waals surface area (Å²) in [5.74, 6) is -1.02. The molecule has 0 saturated heterocycles. The number of benzene rings is 2. The highest BCUT2D eigenvalue weighted by Crippen LogP contribution is 2.15. The Morgan fingerprint density at radius 2 is 1.62 bits per heavy atom. The van der Waals surface area contributed by atoms with Crippen LogP contribution in [-0.4, -0.2) is 35.0 Å². The lowest BCUT2D eigenvalue weighted by molar-refractivity contribution is -0.134. The minimum absolute atomic E-state index is 0.0183. The van der Waals surface area contributed by atoms with Crippen LogP contribution in [0.3, 0.4) is 0 Å². The largest absolute Gasteiger partial charge is 0.273 e. The van der Waals surface area contributed by atoms with Crippen LogP contribution in [0.4, 0.5) is 0 Å². The minimum Gasteiger partial charge on any atom is -0.273 e. The molecule has 0 spiro atoms. The number of carbonyl (C=O) groups excluding carboxylic acids is 3. The lowest BCUT2D eigenvalue weighted by Crippen LogP contribution is -2.42. The van der Waals surface area contributed by atoms with Crippen LogP contribution in [0.15, 0.2) is 59.7 Å². The summed E-state index contributed by atoms with van der Waals surface area (Å²) >= 11 is 5.80. The van der Waals surface area contributed by atoms with E-state index < -0.39 is 5.91 Å². The number of hydrogen-bond donors (Lipinski definition) is 2. The molecule has 1 aliphatic heterocycles. The molecule has 0 saturated carbocycles. The third-order valence-electron chi connectivity index (χ3n) is 4.38. The fourth-order valence-corrected chi connectivity index (χ4v) is 2.98. The second kappa shape index (κ2) is 9.84. The summed E-state index contributed by atoms with van der Waals surface area (Å²) in [6.07, 6.45) is 0.779. The zero-order valence-corrected chi connectivity index (χ0v) is 16.5. The van der Waals surface area contributed by atoms with Crippen LogP contribution in [0.5, 0.6) is 0 Å². The summed E-state index contributed by atoms with van der Waals surface area (Å²) in [6, 6.07) is 16.5. The highest BCUT2D eigenvalue weighted by atomic mass is 35.5. The lowest BCUT2D eigenvalue weighted by Gasteiger charge is -2.11. The molecule has 3 amide bonds. The number of halogens is 1. The molecule has 2 N–H and O–H groups in total. The van der Waals surface area contributed by atoms with Crippen LogP contribution in [-0.2, 0) is 20.8 Å². The number of carbonyl (C=O) groups is 3. The first kappa shape index (κ1) is 20.5. The van der Waals surface area contributed by atoms with Gasteiger partial charge in [-0.3, -0.25) is 25.2 Å². The van der Waals surface area contributed by atoms with Gasteiger partial charge in [0, 0.05) is 24.3 Å². The van der Waals surface area contributed by atoms with Gasteiger partial charge < -0.3 is 0 Å². The second-order valence-corrected chi connectivity index (χ2v) is 7.02. The average Bonchev–Trinajstić information content (AvgIpc) is 3.23. The molecule has 8 heteroatoms. The maximum Gasteiger partial charge on any atom is 0.243 e. The Hall–Kier alpha value is -3.19. The Kier molecular flexibility index (Phi) is 6.97. The van der Waals surface area contributed by atoms with Gasteiger partial charge >= 0.3 is 0 Å². The molecular formula is C21H21ClN4O3. The number of nitrogens with one attached hydrogen (secondary N) is 2. The Bertz CT molecular complexity index is 913. The van der Waals surface area contributed by atoms with Crippen LogP contribution < -0.4 is 10.9 Å². The van der Waals surface area contributed by atoms with Crippen molar-refractivity contribution < 1.29 is 14.4 Å². The summed E-state index contributed by atoms with van der Waals surface area (Å²) < 4.78 is 0. The van der Waals surface area contributed by atoms with E-state index in [0.29, 0.717) is 18.0 Å². The van der Waals surface area contributed by atoms with Crippen LogP contribution in [0.2, 0.25) is 5.02 Å². The Morgan fingerprint density at radius 3 is 2.34 bits per heavy atom. The first-order chi connectivity index (χ1) is 14.0. The summed E-state index contributed by atoms with van der Waals surface area (Å²) in [6.45, 7) is 0.502. The maximum absolute atomic E-state index is 12.3. The lowest BCUT2D eigenvalue weighted by atomic mass is 10.1. The monoisotopic (exact) mass is 412 g/mol. The number of nitrogens with zero attached hydrogens (tertiary/aromatic N) is 2. The van der Waals surface area contributed by atoms with E-state index in [1.807, 2.05) is 30.3 Å².